The Bertz CT molecular complexity index is 1280. The fourth-order valence-electron chi connectivity index (χ4n) is 4.78. The van der Waals surface area contributed by atoms with E-state index >= 15 is 0 Å². The number of ether oxygens (including phenoxy) is 6. The summed E-state index contributed by atoms with van der Waals surface area (Å²) in [5.41, 5.74) is 2.23. The topological polar surface area (TPSA) is 114 Å². The molecule has 2 atom stereocenters. The molecule has 2 unspecified atom stereocenters. The van der Waals surface area contributed by atoms with Crippen LogP contribution in [0.3, 0.4) is 0 Å². The van der Waals surface area contributed by atoms with Crippen molar-refractivity contribution in [3.63, 3.8) is 0 Å². The highest BCUT2D eigenvalue weighted by Crippen LogP contribution is 2.56. The minimum Gasteiger partial charge on any atom is -0.493 e. The van der Waals surface area contributed by atoms with Crippen LogP contribution in [-0.4, -0.2) is 58.1 Å². The number of rotatable bonds is 2. The van der Waals surface area contributed by atoms with Crippen LogP contribution >= 0.6 is 0 Å². The van der Waals surface area contributed by atoms with Gasteiger partial charge >= 0.3 is 0 Å². The second kappa shape index (κ2) is 9.32. The predicted octanol–water partition coefficient (Wildman–Crippen LogP) is 3.95. The number of methoxy groups -OCH3 is 2. The van der Waals surface area contributed by atoms with Crippen LogP contribution in [-0.2, 0) is 22.0 Å². The average molecular weight is 549 g/mol. The number of benzene rings is 2. The molecule has 2 aromatic carbocycles. The molecule has 0 fully saturated rings. The van der Waals surface area contributed by atoms with Gasteiger partial charge in [-0.3, -0.25) is 0 Å². The molecule has 0 saturated heterocycles. The highest BCUT2D eigenvalue weighted by Gasteiger charge is 2.39. The highest BCUT2D eigenvalue weighted by molar-refractivity contribution is 7.86. The first kappa shape index (κ1) is 25.5. The van der Waals surface area contributed by atoms with Crippen molar-refractivity contribution in [2.24, 2.45) is 8.80 Å². The molecule has 37 heavy (non-hydrogen) atoms. The Labute approximate surface area is 220 Å². The quantitative estimate of drug-likeness (QED) is 0.554. The summed E-state index contributed by atoms with van der Waals surface area (Å²) >= 11 is 0. The molecule has 2 aromatic rings. The summed E-state index contributed by atoms with van der Waals surface area (Å²) in [6, 6.07) is 3.48. The maximum absolute atomic E-state index is 13.4. The van der Waals surface area contributed by atoms with E-state index in [0.717, 1.165) is 0 Å². The zero-order valence-corrected chi connectivity index (χ0v) is 23.0. The molecule has 5 rings (SSSR count). The van der Waals surface area contributed by atoms with Gasteiger partial charge in [0.25, 0.3) is 0 Å². The maximum atomic E-state index is 13.4. The van der Waals surface area contributed by atoms with Crippen molar-refractivity contribution < 1.29 is 36.8 Å². The van der Waals surface area contributed by atoms with Crippen LogP contribution in [0.1, 0.15) is 45.2 Å². The van der Waals surface area contributed by atoms with Crippen LogP contribution in [0.4, 0.5) is 0 Å². The molecule has 3 aliphatic heterocycles. The Morgan fingerprint density at radius 1 is 0.703 bits per heavy atom. The summed E-state index contributed by atoms with van der Waals surface area (Å²) in [6.07, 6.45) is 3.42. The van der Waals surface area contributed by atoms with Crippen molar-refractivity contribution in [2.75, 3.05) is 27.8 Å². The van der Waals surface area contributed by atoms with Crippen LogP contribution in [0.25, 0.3) is 11.1 Å². The van der Waals surface area contributed by atoms with Gasteiger partial charge in [-0.2, -0.15) is 8.80 Å². The van der Waals surface area contributed by atoms with Crippen LogP contribution < -0.4 is 28.4 Å². The van der Waals surface area contributed by atoms with Gasteiger partial charge in [0.1, 0.15) is 22.0 Å². The first-order valence-corrected chi connectivity index (χ1v) is 13.7. The van der Waals surface area contributed by atoms with Gasteiger partial charge in [-0.15, -0.1) is 0 Å². The van der Waals surface area contributed by atoms with Gasteiger partial charge in [0.2, 0.25) is 25.1 Å². The smallest absolute Gasteiger partial charge is 0.231 e. The molecule has 0 amide bonds. The Balaban J connectivity index is 1.88. The molecule has 0 spiro atoms. The number of hydrogen-bond donors (Lipinski definition) is 0. The summed E-state index contributed by atoms with van der Waals surface area (Å²) in [5, 5.41) is 0. The van der Waals surface area contributed by atoms with Crippen molar-refractivity contribution in [2.45, 2.75) is 43.6 Å². The SMILES string of the molecule is COc1cc2c(c3c1OCO3)-c1c(cc(OC)c3c1OCO3)C=NS(=O)C(C)(C)CC(C)(C)S(=O)N=C2. The molecule has 0 aromatic heterocycles. The molecule has 10 nitrogen and oxygen atoms in total. The number of nitrogens with zero attached hydrogens (tertiary/aromatic N) is 2. The maximum Gasteiger partial charge on any atom is 0.231 e. The predicted molar refractivity (Wildman–Crippen MR) is 141 cm³/mol. The van der Waals surface area contributed by atoms with E-state index in [1.165, 1.54) is 26.6 Å². The van der Waals surface area contributed by atoms with E-state index in [4.69, 9.17) is 28.4 Å². The standard InChI is InChI=1S/C25H28N2O8S2/c1-24(2)11-25(3,4)37(29)27-10-15-8-17(31-6)21-23(35-13-33-21)19(15)18-14(9-26-36(24)28)7-16(30-5)20-22(18)34-12-32-20/h7-10H,11-13H2,1-6H3. The fraction of sp³-hybridized carbons (Fsp3) is 0.440. The lowest BCUT2D eigenvalue weighted by Crippen LogP contribution is -2.38. The van der Waals surface area contributed by atoms with Gasteiger partial charge in [0.05, 0.1) is 23.7 Å². The lowest BCUT2D eigenvalue weighted by atomic mass is 9.92. The lowest BCUT2D eigenvalue weighted by molar-refractivity contribution is 0.170. The van der Waals surface area contributed by atoms with E-state index in [2.05, 4.69) is 8.80 Å². The minimum atomic E-state index is -1.66. The van der Waals surface area contributed by atoms with Gasteiger partial charge in [0.15, 0.2) is 23.0 Å². The molecular weight excluding hydrogens is 520 g/mol. The van der Waals surface area contributed by atoms with E-state index < -0.39 is 31.5 Å². The third kappa shape index (κ3) is 4.35. The van der Waals surface area contributed by atoms with E-state index in [9.17, 15) is 8.42 Å². The number of fused-ring (bicyclic) bond motifs is 7. The Morgan fingerprint density at radius 3 is 1.46 bits per heavy atom. The fourth-order valence-corrected chi connectivity index (χ4v) is 6.83. The molecule has 12 heteroatoms. The number of hydrogen-bond acceptors (Lipinski definition) is 8. The third-order valence-electron chi connectivity index (χ3n) is 6.34. The highest BCUT2D eigenvalue weighted by atomic mass is 32.2. The monoisotopic (exact) mass is 548 g/mol. The second-order valence-electron chi connectivity index (χ2n) is 9.88. The zero-order chi connectivity index (χ0) is 26.5. The average Bonchev–Trinajstić information content (AvgIpc) is 3.53. The molecule has 0 N–H and O–H groups in total. The molecule has 198 valence electrons. The summed E-state index contributed by atoms with van der Waals surface area (Å²) in [6.45, 7) is 7.30. The normalized spacial score (nSPS) is 22.8. The van der Waals surface area contributed by atoms with Gasteiger partial charge in [-0.05, 0) is 46.2 Å². The van der Waals surface area contributed by atoms with Crippen molar-refractivity contribution in [1.29, 1.82) is 0 Å². The minimum absolute atomic E-state index is 0.0183. The van der Waals surface area contributed by atoms with Crippen molar-refractivity contribution in [3.05, 3.63) is 23.3 Å². The summed E-state index contributed by atoms with van der Waals surface area (Å²) in [4.78, 5) is 0. The van der Waals surface area contributed by atoms with Crippen LogP contribution in [0.15, 0.2) is 20.9 Å². The lowest BCUT2D eigenvalue weighted by Gasteiger charge is -2.30. The first-order chi connectivity index (χ1) is 17.6. The molecule has 3 aliphatic rings. The van der Waals surface area contributed by atoms with Crippen LogP contribution in [0, 0.1) is 0 Å². The summed E-state index contributed by atoms with van der Waals surface area (Å²) in [5.74, 6) is 2.51. The Morgan fingerprint density at radius 2 is 1.08 bits per heavy atom. The van der Waals surface area contributed by atoms with E-state index in [1.54, 1.807) is 12.1 Å². The summed E-state index contributed by atoms with van der Waals surface area (Å²) < 4.78 is 68.4. The first-order valence-electron chi connectivity index (χ1n) is 11.5. The van der Waals surface area contributed by atoms with Gasteiger partial charge in [-0.25, -0.2) is 8.42 Å². The van der Waals surface area contributed by atoms with Gasteiger partial charge < -0.3 is 28.4 Å². The Kier molecular flexibility index (Phi) is 6.43. The van der Waals surface area contributed by atoms with Gasteiger partial charge in [-0.1, -0.05) is 0 Å². The molecule has 0 saturated carbocycles. The molecule has 0 aliphatic carbocycles. The van der Waals surface area contributed by atoms with Gasteiger partial charge in [0, 0.05) is 34.7 Å². The Hall–Kier alpha value is -3.12. The van der Waals surface area contributed by atoms with Crippen molar-refractivity contribution in [3.8, 4) is 45.6 Å². The van der Waals surface area contributed by atoms with E-state index in [0.29, 0.717) is 63.2 Å². The third-order valence-corrected chi connectivity index (χ3v) is 9.11. The van der Waals surface area contributed by atoms with Crippen molar-refractivity contribution in [1.82, 2.24) is 0 Å². The van der Waals surface area contributed by atoms with Crippen molar-refractivity contribution >= 4 is 34.4 Å². The molecule has 3 heterocycles. The second-order valence-corrected chi connectivity index (χ2v) is 13.5. The largest absolute Gasteiger partial charge is 0.493 e. The molecule has 0 radical (unpaired) electrons. The van der Waals surface area contributed by atoms with E-state index in [1.807, 2.05) is 27.7 Å². The van der Waals surface area contributed by atoms with Crippen LogP contribution in [0.5, 0.6) is 34.5 Å². The summed E-state index contributed by atoms with van der Waals surface area (Å²) in [7, 11) is -0.267. The molecule has 0 bridgehead atoms. The van der Waals surface area contributed by atoms with Crippen LogP contribution in [0.2, 0.25) is 0 Å². The molecular formula is C25H28N2O8S2. The zero-order valence-electron chi connectivity index (χ0n) is 21.4. The van der Waals surface area contributed by atoms with E-state index in [-0.39, 0.29) is 13.6 Å².